The summed E-state index contributed by atoms with van der Waals surface area (Å²) in [5, 5.41) is 5.23. The van der Waals surface area contributed by atoms with E-state index in [1.165, 1.54) is 7.11 Å². The number of carbonyl (C=O) groups is 3. The van der Waals surface area contributed by atoms with Crippen molar-refractivity contribution in [3.8, 4) is 0 Å². The van der Waals surface area contributed by atoms with E-state index in [0.717, 1.165) is 11.1 Å². The lowest BCUT2D eigenvalue weighted by molar-refractivity contribution is -0.141. The number of methoxy groups -OCH3 is 1. The van der Waals surface area contributed by atoms with E-state index in [9.17, 15) is 14.4 Å². The van der Waals surface area contributed by atoms with Crippen molar-refractivity contribution in [1.29, 1.82) is 0 Å². The molecule has 0 saturated heterocycles. The average molecular weight is 414 g/mol. The van der Waals surface area contributed by atoms with Crippen LogP contribution in [0.3, 0.4) is 0 Å². The van der Waals surface area contributed by atoms with Crippen LogP contribution in [0.25, 0.3) is 0 Å². The van der Waals surface area contributed by atoms with Crippen molar-refractivity contribution in [3.05, 3.63) is 71.8 Å². The molecule has 2 aromatic carbocycles. The molecule has 8 heteroatoms. The number of carbonyl (C=O) groups excluding carboxylic acids is 3. The van der Waals surface area contributed by atoms with Crippen molar-refractivity contribution >= 4 is 18.2 Å². The van der Waals surface area contributed by atoms with Gasteiger partial charge < -0.3 is 24.8 Å². The highest BCUT2D eigenvalue weighted by atomic mass is 16.6. The summed E-state index contributed by atoms with van der Waals surface area (Å²) in [4.78, 5) is 35.5. The van der Waals surface area contributed by atoms with Gasteiger partial charge in [0.2, 0.25) is 0 Å². The summed E-state index contributed by atoms with van der Waals surface area (Å²) < 4.78 is 15.0. The first kappa shape index (κ1) is 22.7. The van der Waals surface area contributed by atoms with Crippen LogP contribution in [0.1, 0.15) is 24.0 Å². The Bertz CT molecular complexity index is 798. The summed E-state index contributed by atoms with van der Waals surface area (Å²) in [6.45, 7) is 0.470. The van der Waals surface area contributed by atoms with Gasteiger partial charge in [0.05, 0.1) is 13.5 Å². The van der Waals surface area contributed by atoms with Gasteiger partial charge in [-0.3, -0.25) is 4.79 Å². The summed E-state index contributed by atoms with van der Waals surface area (Å²) in [7, 11) is 1.27. The van der Waals surface area contributed by atoms with Crippen LogP contribution in [0, 0.1) is 0 Å². The molecule has 2 aromatic rings. The maximum atomic E-state index is 12.1. The van der Waals surface area contributed by atoms with Crippen molar-refractivity contribution in [1.82, 2.24) is 10.6 Å². The zero-order valence-electron chi connectivity index (χ0n) is 16.8. The third-order valence-corrected chi connectivity index (χ3v) is 4.15. The van der Waals surface area contributed by atoms with Crippen molar-refractivity contribution in [3.63, 3.8) is 0 Å². The fourth-order valence-corrected chi connectivity index (χ4v) is 2.56. The Hall–Kier alpha value is -3.55. The molecule has 0 fully saturated rings. The number of alkyl carbamates (subject to hydrolysis) is 2. The first-order valence-corrected chi connectivity index (χ1v) is 9.55. The molecule has 0 radical (unpaired) electrons. The standard InChI is InChI=1S/C22H26N2O6/c1-28-20(25)14-19(24-22(27)30-16-18-10-6-3-7-11-18)12-13-23-21(26)29-15-17-8-4-2-5-9-17/h2-11,19H,12-16H2,1H3,(H,23,26)(H,24,27)/t19-/m0/s1. The molecule has 160 valence electrons. The Morgan fingerprint density at radius 3 is 1.90 bits per heavy atom. The maximum absolute atomic E-state index is 12.1. The highest BCUT2D eigenvalue weighted by molar-refractivity contribution is 5.72. The average Bonchev–Trinajstić information content (AvgIpc) is 2.77. The largest absolute Gasteiger partial charge is 0.469 e. The predicted molar refractivity (Wildman–Crippen MR) is 109 cm³/mol. The number of benzene rings is 2. The van der Waals surface area contributed by atoms with Crippen molar-refractivity contribution in [2.45, 2.75) is 32.1 Å². The van der Waals surface area contributed by atoms with E-state index in [0.29, 0.717) is 6.42 Å². The quantitative estimate of drug-likeness (QED) is 0.457. The number of esters is 1. The third kappa shape index (κ3) is 9.09. The van der Waals surface area contributed by atoms with Crippen LogP contribution in [-0.4, -0.2) is 37.9 Å². The smallest absolute Gasteiger partial charge is 0.407 e. The van der Waals surface area contributed by atoms with E-state index in [2.05, 4.69) is 15.4 Å². The van der Waals surface area contributed by atoms with Crippen LogP contribution < -0.4 is 10.6 Å². The second-order valence-corrected chi connectivity index (χ2v) is 6.46. The molecule has 0 heterocycles. The summed E-state index contributed by atoms with van der Waals surface area (Å²) >= 11 is 0. The van der Waals surface area contributed by atoms with Gasteiger partial charge in [-0.1, -0.05) is 60.7 Å². The summed E-state index contributed by atoms with van der Waals surface area (Å²) in [5.41, 5.74) is 1.72. The minimum atomic E-state index is -0.653. The molecule has 30 heavy (non-hydrogen) atoms. The van der Waals surface area contributed by atoms with Gasteiger partial charge in [-0.2, -0.15) is 0 Å². The zero-order chi connectivity index (χ0) is 21.6. The predicted octanol–water partition coefficient (Wildman–Crippen LogP) is 3.16. The van der Waals surface area contributed by atoms with Crippen LogP contribution in [0.4, 0.5) is 9.59 Å². The molecular weight excluding hydrogens is 388 g/mol. The maximum Gasteiger partial charge on any atom is 0.407 e. The van der Waals surface area contributed by atoms with E-state index in [1.54, 1.807) is 0 Å². The first-order valence-electron chi connectivity index (χ1n) is 9.55. The molecule has 0 aliphatic heterocycles. The van der Waals surface area contributed by atoms with Gasteiger partial charge in [0, 0.05) is 12.6 Å². The molecule has 8 nitrogen and oxygen atoms in total. The Balaban J connectivity index is 1.74. The summed E-state index contributed by atoms with van der Waals surface area (Å²) in [5.74, 6) is -0.477. The van der Waals surface area contributed by atoms with Gasteiger partial charge in [-0.25, -0.2) is 9.59 Å². The Morgan fingerprint density at radius 2 is 1.37 bits per heavy atom. The van der Waals surface area contributed by atoms with Crippen molar-refractivity contribution in [2.24, 2.45) is 0 Å². The third-order valence-electron chi connectivity index (χ3n) is 4.15. The molecule has 0 spiro atoms. The molecule has 2 rings (SSSR count). The van der Waals surface area contributed by atoms with Gasteiger partial charge in [0.25, 0.3) is 0 Å². The number of hydrogen-bond acceptors (Lipinski definition) is 6. The van der Waals surface area contributed by atoms with E-state index in [1.807, 2.05) is 60.7 Å². The number of hydrogen-bond donors (Lipinski definition) is 2. The number of rotatable bonds is 10. The molecule has 0 saturated carbocycles. The Kier molecular flexibility index (Phi) is 9.72. The highest BCUT2D eigenvalue weighted by Crippen LogP contribution is 2.04. The van der Waals surface area contributed by atoms with E-state index in [4.69, 9.17) is 9.47 Å². The van der Waals surface area contributed by atoms with Crippen molar-refractivity contribution < 1.29 is 28.6 Å². The normalized spacial score (nSPS) is 11.1. The van der Waals surface area contributed by atoms with Gasteiger partial charge in [0.15, 0.2) is 0 Å². The van der Waals surface area contributed by atoms with Gasteiger partial charge >= 0.3 is 18.2 Å². The fourth-order valence-electron chi connectivity index (χ4n) is 2.56. The molecular formula is C22H26N2O6. The topological polar surface area (TPSA) is 103 Å². The molecule has 0 aromatic heterocycles. The van der Waals surface area contributed by atoms with Gasteiger partial charge in [-0.15, -0.1) is 0 Å². The van der Waals surface area contributed by atoms with Gasteiger partial charge in [0.1, 0.15) is 13.2 Å². The molecule has 1 atom stereocenters. The SMILES string of the molecule is COC(=O)C[C@H](CCNC(=O)OCc1ccccc1)NC(=O)OCc1ccccc1. The fraction of sp³-hybridized carbons (Fsp3) is 0.318. The zero-order valence-corrected chi connectivity index (χ0v) is 16.8. The second kappa shape index (κ2) is 12.8. The molecule has 0 aliphatic rings. The van der Waals surface area contributed by atoms with Crippen molar-refractivity contribution in [2.75, 3.05) is 13.7 Å². The summed E-state index contributed by atoms with van der Waals surface area (Å²) in [6.07, 6.45) is -0.977. The minimum Gasteiger partial charge on any atom is -0.469 e. The van der Waals surface area contributed by atoms with Crippen LogP contribution >= 0.6 is 0 Å². The molecule has 2 amide bonds. The van der Waals surface area contributed by atoms with Crippen LogP contribution in [0.5, 0.6) is 0 Å². The molecule has 2 N–H and O–H groups in total. The Morgan fingerprint density at radius 1 is 0.833 bits per heavy atom. The lowest BCUT2D eigenvalue weighted by atomic mass is 10.1. The Labute approximate surface area is 175 Å². The molecule has 0 unspecified atom stereocenters. The lowest BCUT2D eigenvalue weighted by Gasteiger charge is -2.18. The monoisotopic (exact) mass is 414 g/mol. The minimum absolute atomic E-state index is 0.0440. The number of ether oxygens (including phenoxy) is 3. The number of nitrogens with one attached hydrogen (secondary N) is 2. The molecule has 0 aliphatic carbocycles. The van der Waals surface area contributed by atoms with Gasteiger partial charge in [-0.05, 0) is 17.5 Å². The van der Waals surface area contributed by atoms with E-state index < -0.39 is 24.2 Å². The highest BCUT2D eigenvalue weighted by Gasteiger charge is 2.18. The van der Waals surface area contributed by atoms with Crippen LogP contribution in [-0.2, 0) is 32.2 Å². The van der Waals surface area contributed by atoms with Crippen LogP contribution in [0.2, 0.25) is 0 Å². The van der Waals surface area contributed by atoms with Crippen LogP contribution in [0.15, 0.2) is 60.7 Å². The van der Waals surface area contributed by atoms with E-state index in [-0.39, 0.29) is 26.2 Å². The number of amides is 2. The lowest BCUT2D eigenvalue weighted by Crippen LogP contribution is -2.39. The second-order valence-electron chi connectivity index (χ2n) is 6.46. The first-order chi connectivity index (χ1) is 14.6. The molecule has 0 bridgehead atoms. The summed E-state index contributed by atoms with van der Waals surface area (Å²) in [6, 6.07) is 18.0. The van der Waals surface area contributed by atoms with E-state index >= 15 is 0 Å².